The Morgan fingerprint density at radius 1 is 0.917 bits per heavy atom. The molecule has 1 fully saturated rings. The molecule has 6 rings (SSSR count). The average Bonchev–Trinajstić information content (AvgIpc) is 3.47. The van der Waals surface area contributed by atoms with E-state index in [1.165, 1.54) is 17.6 Å². The van der Waals surface area contributed by atoms with Crippen LogP contribution in [0.2, 0.25) is 0 Å². The second-order valence-electron chi connectivity index (χ2n) is 9.23. The van der Waals surface area contributed by atoms with E-state index in [1.807, 2.05) is 24.3 Å². The van der Waals surface area contributed by atoms with Gasteiger partial charge in [0.2, 0.25) is 0 Å². The molecule has 6 nitrogen and oxygen atoms in total. The molecule has 1 aromatic heterocycles. The number of hydrogen-bond donors (Lipinski definition) is 4. The van der Waals surface area contributed by atoms with E-state index in [0.717, 1.165) is 40.8 Å². The van der Waals surface area contributed by atoms with Gasteiger partial charge in [-0.1, -0.05) is 73.2 Å². The average molecular weight is 480 g/mol. The minimum Gasteiger partial charge on any atom is -0.318 e. The minimum absolute atomic E-state index is 0.334. The third kappa shape index (κ3) is 4.29. The number of allylic oxidation sites excluding steroid dienone is 1. The molecule has 36 heavy (non-hydrogen) atoms. The quantitative estimate of drug-likeness (QED) is 0.204. The Kier molecular flexibility index (Phi) is 5.83. The Balaban J connectivity index is 1.47. The number of hydrogen-bond acceptors (Lipinski definition) is 4. The van der Waals surface area contributed by atoms with Gasteiger partial charge in [-0.3, -0.25) is 4.98 Å². The van der Waals surface area contributed by atoms with Crippen LogP contribution in [0.1, 0.15) is 59.2 Å². The molecule has 1 aliphatic carbocycles. The van der Waals surface area contributed by atoms with Crippen molar-refractivity contribution in [3.8, 4) is 0 Å². The van der Waals surface area contributed by atoms with E-state index in [-0.39, 0.29) is 5.69 Å². The fourth-order valence-corrected chi connectivity index (χ4v) is 4.94. The number of alkyl halides is 1. The number of anilines is 1. The number of aromatic nitrogens is 3. The van der Waals surface area contributed by atoms with Crippen molar-refractivity contribution in [2.75, 3.05) is 5.43 Å². The van der Waals surface area contributed by atoms with Gasteiger partial charge >= 0.3 is 5.69 Å². The van der Waals surface area contributed by atoms with E-state index in [4.69, 9.17) is 0 Å². The van der Waals surface area contributed by atoms with Crippen LogP contribution in [-0.4, -0.2) is 15.2 Å². The number of rotatable bonds is 6. The SMILES string of the molecule is O=c1[nH]nc(/C=C/c2ccc(/C(=C(\c3ccccc3)C3CCC3)c3ccc4c(c3)C(F)NN4)cc2)[nH]1. The Morgan fingerprint density at radius 2 is 1.69 bits per heavy atom. The maximum absolute atomic E-state index is 14.6. The van der Waals surface area contributed by atoms with Gasteiger partial charge in [0.25, 0.3) is 0 Å². The number of benzene rings is 3. The second-order valence-corrected chi connectivity index (χ2v) is 9.23. The number of H-pyrrole nitrogens is 2. The van der Waals surface area contributed by atoms with Crippen LogP contribution in [0.25, 0.3) is 23.3 Å². The Labute approximate surface area is 208 Å². The van der Waals surface area contributed by atoms with Crippen LogP contribution < -0.4 is 16.5 Å². The third-order valence-corrected chi connectivity index (χ3v) is 6.97. The predicted molar refractivity (Wildman–Crippen MR) is 141 cm³/mol. The molecule has 2 heterocycles. The first-order valence-electron chi connectivity index (χ1n) is 12.2. The highest BCUT2D eigenvalue weighted by atomic mass is 19.1. The fourth-order valence-electron chi connectivity index (χ4n) is 4.94. The number of aromatic amines is 2. The minimum atomic E-state index is -1.24. The van der Waals surface area contributed by atoms with Crippen molar-refractivity contribution in [2.45, 2.75) is 25.6 Å². The molecule has 0 radical (unpaired) electrons. The van der Waals surface area contributed by atoms with E-state index in [2.05, 4.69) is 80.6 Å². The third-order valence-electron chi connectivity index (χ3n) is 6.97. The summed E-state index contributed by atoms with van der Waals surface area (Å²) in [7, 11) is 0. The van der Waals surface area contributed by atoms with Crippen LogP contribution in [0.15, 0.2) is 77.6 Å². The van der Waals surface area contributed by atoms with Gasteiger partial charge in [-0.25, -0.2) is 19.7 Å². The predicted octanol–water partition coefficient (Wildman–Crippen LogP) is 5.93. The smallest absolute Gasteiger partial charge is 0.318 e. The first kappa shape index (κ1) is 22.2. The van der Waals surface area contributed by atoms with Gasteiger partial charge in [-0.2, -0.15) is 5.10 Å². The number of hydrazine groups is 1. The maximum atomic E-state index is 14.6. The molecule has 7 heteroatoms. The summed E-state index contributed by atoms with van der Waals surface area (Å²) < 4.78 is 14.6. The van der Waals surface area contributed by atoms with E-state index in [9.17, 15) is 9.18 Å². The summed E-state index contributed by atoms with van der Waals surface area (Å²) in [6, 6.07) is 24.8. The zero-order chi connectivity index (χ0) is 24.5. The Morgan fingerprint density at radius 3 is 2.39 bits per heavy atom. The molecule has 0 amide bonds. The fraction of sp³-hybridized carbons (Fsp3) is 0.172. The first-order valence-corrected chi connectivity index (χ1v) is 12.2. The summed E-state index contributed by atoms with van der Waals surface area (Å²) in [4.78, 5) is 13.9. The van der Waals surface area contributed by atoms with E-state index in [1.54, 1.807) is 6.08 Å². The summed E-state index contributed by atoms with van der Waals surface area (Å²) in [5, 5.41) is 6.28. The van der Waals surface area contributed by atoms with Crippen molar-refractivity contribution in [1.29, 1.82) is 0 Å². The zero-order valence-corrected chi connectivity index (χ0v) is 19.6. The molecular formula is C29H26FN5O. The Hall–Kier alpha value is -4.23. The van der Waals surface area contributed by atoms with Crippen molar-refractivity contribution >= 4 is 29.0 Å². The van der Waals surface area contributed by atoms with Gasteiger partial charge in [0, 0.05) is 5.56 Å². The lowest BCUT2D eigenvalue weighted by Crippen LogP contribution is -2.15. The monoisotopic (exact) mass is 479 g/mol. The lowest BCUT2D eigenvalue weighted by Gasteiger charge is -2.31. The molecule has 1 unspecified atom stereocenters. The lowest BCUT2D eigenvalue weighted by molar-refractivity contribution is 0.314. The molecule has 3 aromatic carbocycles. The van der Waals surface area contributed by atoms with Crippen LogP contribution in [0, 0.1) is 5.92 Å². The van der Waals surface area contributed by atoms with Gasteiger partial charge in [0.1, 0.15) is 0 Å². The molecule has 1 aliphatic heterocycles. The van der Waals surface area contributed by atoms with Crippen molar-refractivity contribution in [1.82, 2.24) is 20.6 Å². The standard InChI is InChI=1S/C29H26FN5O/c30-28-23-17-22(14-15-24(23)32-34-28)27(26(20-7-4-8-20)19-5-2-1-3-6-19)21-12-9-18(10-13-21)11-16-25-31-29(36)35-33-25/h1-3,5-6,9-17,20,28,32,34H,4,7-8H2,(H2,31,33,35,36)/b16-11+,27-26-. The van der Waals surface area contributed by atoms with E-state index >= 15 is 0 Å². The molecule has 0 bridgehead atoms. The molecule has 4 N–H and O–H groups in total. The lowest BCUT2D eigenvalue weighted by atomic mass is 9.73. The number of nitrogens with one attached hydrogen (secondary N) is 4. The van der Waals surface area contributed by atoms with Crippen LogP contribution in [0.5, 0.6) is 0 Å². The highest BCUT2D eigenvalue weighted by molar-refractivity contribution is 6.00. The zero-order valence-electron chi connectivity index (χ0n) is 19.6. The normalized spacial score (nSPS) is 18.0. The van der Waals surface area contributed by atoms with Crippen molar-refractivity contribution < 1.29 is 4.39 Å². The number of halogens is 1. The van der Waals surface area contributed by atoms with Crippen LogP contribution in [0.3, 0.4) is 0 Å². The summed E-state index contributed by atoms with van der Waals surface area (Å²) in [5.41, 5.74) is 13.4. The summed E-state index contributed by atoms with van der Waals surface area (Å²) >= 11 is 0. The Bertz CT molecular complexity index is 1500. The highest BCUT2D eigenvalue weighted by Crippen LogP contribution is 2.46. The van der Waals surface area contributed by atoms with Gasteiger partial charge in [-0.05, 0) is 70.4 Å². The van der Waals surface area contributed by atoms with Crippen molar-refractivity contribution in [3.63, 3.8) is 0 Å². The van der Waals surface area contributed by atoms with Crippen LogP contribution in [0.4, 0.5) is 10.1 Å². The van der Waals surface area contributed by atoms with Crippen molar-refractivity contribution in [3.05, 3.63) is 117 Å². The van der Waals surface area contributed by atoms with Crippen LogP contribution >= 0.6 is 0 Å². The number of fused-ring (bicyclic) bond motifs is 1. The topological polar surface area (TPSA) is 85.6 Å². The maximum Gasteiger partial charge on any atom is 0.340 e. The molecule has 180 valence electrons. The van der Waals surface area contributed by atoms with Crippen molar-refractivity contribution in [2.24, 2.45) is 5.92 Å². The second kappa shape index (κ2) is 9.43. The number of nitrogens with zero attached hydrogens (tertiary/aromatic N) is 1. The molecule has 1 saturated carbocycles. The molecule has 2 aliphatic rings. The van der Waals surface area contributed by atoms with E-state index < -0.39 is 6.30 Å². The van der Waals surface area contributed by atoms with E-state index in [0.29, 0.717) is 17.3 Å². The molecule has 4 aromatic rings. The summed E-state index contributed by atoms with van der Waals surface area (Å²) in [5.74, 6) is 0.936. The van der Waals surface area contributed by atoms with Gasteiger partial charge in [0.05, 0.1) is 5.69 Å². The molecular weight excluding hydrogens is 453 g/mol. The highest BCUT2D eigenvalue weighted by Gasteiger charge is 2.28. The molecule has 0 saturated heterocycles. The van der Waals surface area contributed by atoms with Gasteiger partial charge < -0.3 is 5.43 Å². The first-order chi connectivity index (χ1) is 17.7. The summed E-state index contributed by atoms with van der Waals surface area (Å²) in [6.45, 7) is 0. The summed E-state index contributed by atoms with van der Waals surface area (Å²) in [6.07, 6.45) is 5.94. The molecule has 1 atom stereocenters. The van der Waals surface area contributed by atoms with Gasteiger partial charge in [-0.15, -0.1) is 0 Å². The largest absolute Gasteiger partial charge is 0.340 e. The van der Waals surface area contributed by atoms with Crippen LogP contribution in [-0.2, 0) is 0 Å². The molecule has 0 spiro atoms. The van der Waals surface area contributed by atoms with Gasteiger partial charge in [0.15, 0.2) is 12.1 Å².